The molecule has 2 nitrogen and oxygen atoms in total. The van der Waals surface area contributed by atoms with Crippen LogP contribution in [0, 0.1) is 5.41 Å². The summed E-state index contributed by atoms with van der Waals surface area (Å²) in [5.74, 6) is 0. The molecule has 4 heteroatoms. The van der Waals surface area contributed by atoms with Crippen LogP contribution in [0.4, 0.5) is 0 Å². The maximum absolute atomic E-state index is 6.24. The van der Waals surface area contributed by atoms with Gasteiger partial charge in [0.15, 0.2) is 0 Å². The van der Waals surface area contributed by atoms with Crippen molar-refractivity contribution in [2.24, 2.45) is 5.41 Å². The highest BCUT2D eigenvalue weighted by molar-refractivity contribution is 6.42. The molecule has 1 unspecified atom stereocenters. The van der Waals surface area contributed by atoms with E-state index in [1.807, 2.05) is 18.2 Å². The van der Waals surface area contributed by atoms with Gasteiger partial charge in [-0.1, -0.05) is 35.3 Å². The van der Waals surface area contributed by atoms with Gasteiger partial charge in [-0.3, -0.25) is 0 Å². The number of fused-ring (bicyclic) bond motifs is 1. The summed E-state index contributed by atoms with van der Waals surface area (Å²) in [6.45, 7) is 5.90. The number of piperidine rings is 1. The summed E-state index contributed by atoms with van der Waals surface area (Å²) in [6.07, 6.45) is 5.27. The molecule has 1 heterocycles. The highest BCUT2D eigenvalue weighted by Crippen LogP contribution is 2.70. The minimum Gasteiger partial charge on any atom is -0.380 e. The first-order valence-electron chi connectivity index (χ1n) is 7.39. The number of ether oxygens (including phenoxy) is 1. The molecule has 1 aliphatic heterocycles. The van der Waals surface area contributed by atoms with Crippen molar-refractivity contribution in [2.45, 2.75) is 30.8 Å². The Balaban J connectivity index is 1.99. The second kappa shape index (κ2) is 5.58. The molecule has 1 aliphatic carbocycles. The van der Waals surface area contributed by atoms with Gasteiger partial charge in [0.05, 0.1) is 16.1 Å². The Morgan fingerprint density at radius 3 is 2.90 bits per heavy atom. The monoisotopic (exact) mass is 325 g/mol. The van der Waals surface area contributed by atoms with E-state index in [0.29, 0.717) is 10.0 Å². The molecule has 1 saturated carbocycles. The van der Waals surface area contributed by atoms with Crippen LogP contribution in [0.5, 0.6) is 0 Å². The SMILES string of the molecule is C=CC[C@H](OC)C12CNCC[C@@]1(c1ccc(Cl)c(Cl)c1)C2. The minimum atomic E-state index is 0.144. The van der Waals surface area contributed by atoms with Crippen LogP contribution in [0.3, 0.4) is 0 Å². The third-order valence-electron chi connectivity index (χ3n) is 5.37. The number of nitrogens with one attached hydrogen (secondary N) is 1. The van der Waals surface area contributed by atoms with Crippen molar-refractivity contribution >= 4 is 23.2 Å². The highest BCUT2D eigenvalue weighted by atomic mass is 35.5. The molecule has 1 aromatic carbocycles. The zero-order valence-corrected chi connectivity index (χ0v) is 13.8. The predicted octanol–water partition coefficient (Wildman–Crippen LogP) is 4.21. The van der Waals surface area contributed by atoms with E-state index in [9.17, 15) is 0 Å². The van der Waals surface area contributed by atoms with Gasteiger partial charge < -0.3 is 10.1 Å². The molecule has 0 spiro atoms. The molecule has 2 fully saturated rings. The summed E-state index contributed by atoms with van der Waals surface area (Å²) < 4.78 is 5.81. The van der Waals surface area contributed by atoms with Crippen LogP contribution in [-0.4, -0.2) is 26.3 Å². The summed E-state index contributed by atoms with van der Waals surface area (Å²) >= 11 is 12.3. The largest absolute Gasteiger partial charge is 0.380 e. The molecule has 1 aromatic rings. The molecule has 114 valence electrons. The third-order valence-corrected chi connectivity index (χ3v) is 6.11. The predicted molar refractivity (Wildman–Crippen MR) is 88.3 cm³/mol. The third kappa shape index (κ3) is 2.24. The van der Waals surface area contributed by atoms with E-state index in [1.165, 1.54) is 5.56 Å². The fourth-order valence-corrected chi connectivity index (χ4v) is 4.54. The quantitative estimate of drug-likeness (QED) is 0.819. The summed E-state index contributed by atoms with van der Waals surface area (Å²) in [4.78, 5) is 0. The molecule has 0 amide bonds. The van der Waals surface area contributed by atoms with Crippen LogP contribution in [0.1, 0.15) is 24.8 Å². The van der Waals surface area contributed by atoms with E-state index < -0.39 is 0 Å². The first-order valence-corrected chi connectivity index (χ1v) is 8.15. The lowest BCUT2D eigenvalue weighted by Gasteiger charge is -2.36. The van der Waals surface area contributed by atoms with Crippen molar-refractivity contribution in [3.8, 4) is 0 Å². The lowest BCUT2D eigenvalue weighted by molar-refractivity contribution is 0.0237. The first kappa shape index (κ1) is 15.4. The van der Waals surface area contributed by atoms with E-state index >= 15 is 0 Å². The van der Waals surface area contributed by atoms with Gasteiger partial charge in [-0.05, 0) is 43.5 Å². The second-order valence-corrected chi connectivity index (χ2v) is 7.03. The topological polar surface area (TPSA) is 21.3 Å². The number of rotatable bonds is 5. The van der Waals surface area contributed by atoms with Crippen LogP contribution < -0.4 is 5.32 Å². The Hall–Kier alpha value is -0.540. The molecular formula is C17H21Cl2NO. The minimum absolute atomic E-state index is 0.144. The number of benzene rings is 1. The molecule has 0 aromatic heterocycles. The average Bonchev–Trinajstić information content (AvgIpc) is 3.19. The van der Waals surface area contributed by atoms with Crippen molar-refractivity contribution in [1.29, 1.82) is 0 Å². The van der Waals surface area contributed by atoms with Crippen molar-refractivity contribution in [3.05, 3.63) is 46.5 Å². The Labute approximate surface area is 136 Å². The Kier molecular flexibility index (Phi) is 4.08. The van der Waals surface area contributed by atoms with E-state index in [-0.39, 0.29) is 16.9 Å². The van der Waals surface area contributed by atoms with Gasteiger partial charge in [0, 0.05) is 24.5 Å². The fourth-order valence-electron chi connectivity index (χ4n) is 4.24. The van der Waals surface area contributed by atoms with E-state index in [1.54, 1.807) is 7.11 Å². The van der Waals surface area contributed by atoms with E-state index in [4.69, 9.17) is 27.9 Å². The van der Waals surface area contributed by atoms with Gasteiger partial charge in [0.2, 0.25) is 0 Å². The van der Waals surface area contributed by atoms with Crippen molar-refractivity contribution in [2.75, 3.05) is 20.2 Å². The maximum atomic E-state index is 6.24. The first-order chi connectivity index (χ1) is 10.1. The van der Waals surface area contributed by atoms with Crippen LogP contribution in [0.25, 0.3) is 0 Å². The number of hydrogen-bond acceptors (Lipinski definition) is 2. The number of hydrogen-bond donors (Lipinski definition) is 1. The Morgan fingerprint density at radius 1 is 1.43 bits per heavy atom. The fraction of sp³-hybridized carbons (Fsp3) is 0.529. The summed E-state index contributed by atoms with van der Waals surface area (Å²) in [6, 6.07) is 6.08. The highest BCUT2D eigenvalue weighted by Gasteiger charge is 2.71. The van der Waals surface area contributed by atoms with E-state index in [0.717, 1.165) is 32.4 Å². The Bertz CT molecular complexity index is 562. The molecule has 1 saturated heterocycles. The smallest absolute Gasteiger partial charge is 0.0682 e. The molecule has 3 atom stereocenters. The van der Waals surface area contributed by atoms with Gasteiger partial charge in [-0.2, -0.15) is 0 Å². The Morgan fingerprint density at radius 2 is 2.24 bits per heavy atom. The molecular weight excluding hydrogens is 305 g/mol. The lowest BCUT2D eigenvalue weighted by Crippen LogP contribution is -2.45. The molecule has 2 aliphatic rings. The molecule has 0 radical (unpaired) electrons. The molecule has 0 bridgehead atoms. The van der Waals surface area contributed by atoms with E-state index in [2.05, 4.69) is 18.0 Å². The van der Waals surface area contributed by atoms with Crippen molar-refractivity contribution < 1.29 is 4.74 Å². The van der Waals surface area contributed by atoms with Gasteiger partial charge in [0.1, 0.15) is 0 Å². The molecule has 3 rings (SSSR count). The van der Waals surface area contributed by atoms with Crippen LogP contribution in [0.15, 0.2) is 30.9 Å². The molecule has 1 N–H and O–H groups in total. The van der Waals surface area contributed by atoms with Gasteiger partial charge in [0.25, 0.3) is 0 Å². The summed E-state index contributed by atoms with van der Waals surface area (Å²) in [5, 5.41) is 4.79. The average molecular weight is 326 g/mol. The normalized spacial score (nSPS) is 32.3. The van der Waals surface area contributed by atoms with Crippen LogP contribution in [-0.2, 0) is 10.2 Å². The maximum Gasteiger partial charge on any atom is 0.0682 e. The lowest BCUT2D eigenvalue weighted by atomic mass is 9.77. The second-order valence-electron chi connectivity index (χ2n) is 6.22. The van der Waals surface area contributed by atoms with Gasteiger partial charge in [-0.25, -0.2) is 0 Å². The zero-order chi connectivity index (χ0) is 15.1. The van der Waals surface area contributed by atoms with Crippen LogP contribution >= 0.6 is 23.2 Å². The summed E-state index contributed by atoms with van der Waals surface area (Å²) in [5.41, 5.74) is 1.60. The van der Waals surface area contributed by atoms with Crippen molar-refractivity contribution in [3.63, 3.8) is 0 Å². The van der Waals surface area contributed by atoms with Gasteiger partial charge >= 0.3 is 0 Å². The van der Waals surface area contributed by atoms with Crippen molar-refractivity contribution in [1.82, 2.24) is 5.32 Å². The van der Waals surface area contributed by atoms with Gasteiger partial charge in [-0.15, -0.1) is 6.58 Å². The van der Waals surface area contributed by atoms with Crippen LogP contribution in [0.2, 0.25) is 10.0 Å². The number of methoxy groups -OCH3 is 1. The standard InChI is InChI=1S/C17H21Cl2NO/c1-3-4-15(21-2)17-10-16(17,7-8-20-11-17)12-5-6-13(18)14(19)9-12/h3,5-6,9,15,20H,1,4,7-8,10-11H2,2H3/t15-,16-,17?/m0/s1. The summed E-state index contributed by atoms with van der Waals surface area (Å²) in [7, 11) is 1.80. The zero-order valence-electron chi connectivity index (χ0n) is 12.3. The molecule has 21 heavy (non-hydrogen) atoms. The number of halogens is 2.